The minimum absolute atomic E-state index is 0.229. The minimum atomic E-state index is -1.59. The maximum atomic E-state index is 13.1. The quantitative estimate of drug-likeness (QED) is 0.0261. The van der Waals surface area contributed by atoms with E-state index in [0.29, 0.717) is 6.42 Å². The van der Waals surface area contributed by atoms with E-state index < -0.39 is 49.5 Å². The number of carbonyl (C=O) groups excluding carboxylic acids is 1. The molecule has 7 atom stereocenters. The molecule has 1 fully saturated rings. The number of carbonyl (C=O) groups is 1. The van der Waals surface area contributed by atoms with Gasteiger partial charge in [-0.1, -0.05) is 274 Å². The molecule has 0 bridgehead atoms. The minimum Gasteiger partial charge on any atom is -0.394 e. The number of unbranched alkanes of at least 4 members (excludes halogenated alkanes) is 18. The molecule has 0 radical (unpaired) electrons. The van der Waals surface area contributed by atoms with Gasteiger partial charge in [-0.25, -0.2) is 0 Å². The van der Waals surface area contributed by atoms with Crippen molar-refractivity contribution in [2.45, 2.75) is 275 Å². The molecule has 1 aliphatic rings. The molecule has 1 rings (SSSR count). The van der Waals surface area contributed by atoms with E-state index in [1.165, 1.54) is 96.3 Å². The Bertz CT molecular complexity index is 1910. The van der Waals surface area contributed by atoms with E-state index in [1.54, 1.807) is 6.08 Å². The van der Waals surface area contributed by atoms with Gasteiger partial charge in [0.25, 0.3) is 0 Å². The molecule has 9 nitrogen and oxygen atoms in total. The van der Waals surface area contributed by atoms with Crippen molar-refractivity contribution in [3.8, 4) is 0 Å². The van der Waals surface area contributed by atoms with Crippen LogP contribution in [0.1, 0.15) is 232 Å². The van der Waals surface area contributed by atoms with E-state index in [2.05, 4.69) is 177 Å². The van der Waals surface area contributed by atoms with Gasteiger partial charge in [0.05, 0.1) is 25.4 Å². The van der Waals surface area contributed by atoms with Crippen LogP contribution in [0.4, 0.5) is 0 Å². The first kappa shape index (κ1) is 76.6. The maximum Gasteiger partial charge on any atom is 0.220 e. The van der Waals surface area contributed by atoms with Crippen LogP contribution < -0.4 is 5.32 Å². The first-order valence-corrected chi connectivity index (χ1v) is 32.9. The van der Waals surface area contributed by atoms with Gasteiger partial charge in [-0.3, -0.25) is 4.79 Å². The van der Waals surface area contributed by atoms with Crippen molar-refractivity contribution >= 4 is 5.91 Å². The molecule has 0 aliphatic carbocycles. The van der Waals surface area contributed by atoms with Gasteiger partial charge in [-0.05, 0) is 122 Å². The van der Waals surface area contributed by atoms with Crippen molar-refractivity contribution < 1.29 is 39.8 Å². The van der Waals surface area contributed by atoms with Crippen LogP contribution in [0.3, 0.4) is 0 Å². The van der Waals surface area contributed by atoms with Gasteiger partial charge in [0.2, 0.25) is 5.91 Å². The van der Waals surface area contributed by atoms with Gasteiger partial charge < -0.3 is 40.3 Å². The third-order valence-corrected chi connectivity index (χ3v) is 14.3. The zero-order valence-electron chi connectivity index (χ0n) is 52.1. The third kappa shape index (κ3) is 49.5. The maximum absolute atomic E-state index is 13.1. The zero-order chi connectivity index (χ0) is 60.0. The topological polar surface area (TPSA) is 149 Å². The largest absolute Gasteiger partial charge is 0.394 e. The lowest BCUT2D eigenvalue weighted by Gasteiger charge is -2.40. The molecule has 0 aromatic heterocycles. The highest BCUT2D eigenvalue weighted by Crippen LogP contribution is 2.23. The number of aliphatic hydroxyl groups is 5. The summed E-state index contributed by atoms with van der Waals surface area (Å²) in [7, 11) is 0. The van der Waals surface area contributed by atoms with Gasteiger partial charge in [0, 0.05) is 6.42 Å². The fourth-order valence-corrected chi connectivity index (χ4v) is 9.15. The monoisotopic (exact) mass is 1150 g/mol. The van der Waals surface area contributed by atoms with E-state index in [1.807, 2.05) is 6.08 Å². The summed E-state index contributed by atoms with van der Waals surface area (Å²) in [5.74, 6) is -0.235. The SMILES string of the molecule is CC/C=C\C/C=C\C/C=C\C/C=C\C/C=C\C/C=C\C/C=C\C/C=C\C/C=C\C/C=C\C/C=C\C/C=C\CCCCC(=O)NC(COC1OC(CO)C(O)C(O)C1O)C(O)/C=C/CC/C=C/CCCCCCCCCCCCCCCCC. The van der Waals surface area contributed by atoms with Crippen LogP contribution >= 0.6 is 0 Å². The van der Waals surface area contributed by atoms with Crippen molar-refractivity contribution in [2.75, 3.05) is 13.2 Å². The number of ether oxygens (including phenoxy) is 2. The van der Waals surface area contributed by atoms with Crippen molar-refractivity contribution in [3.05, 3.63) is 170 Å². The van der Waals surface area contributed by atoms with Crippen molar-refractivity contribution in [1.29, 1.82) is 0 Å². The molecule has 1 saturated heterocycles. The normalized spacial score (nSPS) is 19.4. The Hall–Kier alpha value is -4.45. The van der Waals surface area contributed by atoms with E-state index in [-0.39, 0.29) is 18.9 Å². The van der Waals surface area contributed by atoms with Crippen LogP contribution in [0, 0.1) is 0 Å². The second kappa shape index (κ2) is 60.7. The summed E-state index contributed by atoms with van der Waals surface area (Å²) in [4.78, 5) is 13.1. The molecular weight excluding hydrogens is 1030 g/mol. The summed E-state index contributed by atoms with van der Waals surface area (Å²) in [6.45, 7) is 3.62. The predicted octanol–water partition coefficient (Wildman–Crippen LogP) is 17.7. The van der Waals surface area contributed by atoms with E-state index >= 15 is 0 Å². The molecule has 9 heteroatoms. The molecule has 7 unspecified atom stereocenters. The Balaban J connectivity index is 2.25. The summed E-state index contributed by atoms with van der Waals surface area (Å²) >= 11 is 0. The lowest BCUT2D eigenvalue weighted by Crippen LogP contribution is -2.60. The molecule has 1 heterocycles. The predicted molar refractivity (Wildman–Crippen MR) is 354 cm³/mol. The second-order valence-electron chi connectivity index (χ2n) is 21.8. The van der Waals surface area contributed by atoms with Crippen LogP contribution in [0.15, 0.2) is 170 Å². The number of nitrogens with one attached hydrogen (secondary N) is 1. The number of aliphatic hydroxyl groups excluding tert-OH is 5. The Morgan fingerprint density at radius 1 is 0.422 bits per heavy atom. The van der Waals surface area contributed by atoms with Gasteiger partial charge in [0.15, 0.2) is 6.29 Å². The molecule has 0 aromatic rings. The van der Waals surface area contributed by atoms with Crippen molar-refractivity contribution in [3.63, 3.8) is 0 Å². The molecule has 0 spiro atoms. The Morgan fingerprint density at radius 2 is 0.759 bits per heavy atom. The zero-order valence-corrected chi connectivity index (χ0v) is 52.1. The summed E-state index contributed by atoms with van der Waals surface area (Å²) in [6, 6.07) is -0.859. The number of hydrogen-bond acceptors (Lipinski definition) is 8. The summed E-state index contributed by atoms with van der Waals surface area (Å²) in [6.07, 6.45) is 90.1. The van der Waals surface area contributed by atoms with Crippen molar-refractivity contribution in [1.82, 2.24) is 5.32 Å². The highest BCUT2D eigenvalue weighted by Gasteiger charge is 2.44. The molecule has 0 saturated carbocycles. The standard InChI is InChI=1S/C74H119NO8/c1-3-5-7-9-11-13-15-17-19-21-23-25-26-27-28-29-30-31-32-33-34-35-36-37-38-39-40-41-42-44-46-48-50-52-54-56-58-60-62-64-70(78)75-67(66-82-74-73(81)72(80)71(79)69(65-76)83-74)68(77)63-61-59-57-55-53-51-49-47-45-43-24-22-20-18-16-14-12-10-8-6-4-2/h5,7,11,13,17,19,23,25,27-28,30-31,33-34,36-37,39-40,42,44,48,50,53-56,61,63,67-69,71-74,76-77,79-81H,3-4,6,8-10,12,14-16,18,20-22,24,26,29,32,35,38,41,43,45-47,49,51-52,57-60,62,64-66H2,1-2H3,(H,75,78)/b7-5-,13-11-,19-17-,25-23-,28-27-,31-30-,34-33-,37-36-,40-39-,44-42-,50-48-,55-53+,56-54-,63-61+. The van der Waals surface area contributed by atoms with E-state index in [0.717, 1.165) is 109 Å². The first-order valence-electron chi connectivity index (χ1n) is 32.9. The molecule has 468 valence electrons. The number of allylic oxidation sites excluding steroid dienone is 27. The Morgan fingerprint density at radius 3 is 1.16 bits per heavy atom. The van der Waals surface area contributed by atoms with Gasteiger partial charge >= 0.3 is 0 Å². The lowest BCUT2D eigenvalue weighted by atomic mass is 9.99. The fourth-order valence-electron chi connectivity index (χ4n) is 9.15. The summed E-state index contributed by atoms with van der Waals surface area (Å²) < 4.78 is 11.3. The first-order chi connectivity index (χ1) is 40.8. The van der Waals surface area contributed by atoms with Crippen LogP contribution in [-0.4, -0.2) is 87.5 Å². The van der Waals surface area contributed by atoms with Gasteiger partial charge in [0.1, 0.15) is 24.4 Å². The third-order valence-electron chi connectivity index (χ3n) is 14.3. The van der Waals surface area contributed by atoms with Crippen LogP contribution in [-0.2, 0) is 14.3 Å². The van der Waals surface area contributed by atoms with Gasteiger partial charge in [-0.15, -0.1) is 0 Å². The number of hydrogen-bond donors (Lipinski definition) is 6. The second-order valence-corrected chi connectivity index (χ2v) is 21.8. The molecular formula is C74H119NO8. The molecule has 0 aromatic carbocycles. The highest BCUT2D eigenvalue weighted by molar-refractivity contribution is 5.76. The Labute approximate surface area is 507 Å². The fraction of sp³-hybridized carbons (Fsp3) is 0.608. The smallest absolute Gasteiger partial charge is 0.220 e. The van der Waals surface area contributed by atoms with Crippen LogP contribution in [0.5, 0.6) is 0 Å². The van der Waals surface area contributed by atoms with E-state index in [4.69, 9.17) is 9.47 Å². The average molecular weight is 1150 g/mol. The highest BCUT2D eigenvalue weighted by atomic mass is 16.7. The summed E-state index contributed by atoms with van der Waals surface area (Å²) in [5.41, 5.74) is 0. The average Bonchev–Trinajstić information content (AvgIpc) is 3.60. The lowest BCUT2D eigenvalue weighted by molar-refractivity contribution is -0.302. The number of rotatable bonds is 54. The van der Waals surface area contributed by atoms with E-state index in [9.17, 15) is 30.3 Å². The molecule has 1 amide bonds. The number of amides is 1. The molecule has 1 aliphatic heterocycles. The van der Waals surface area contributed by atoms with Crippen LogP contribution in [0.2, 0.25) is 0 Å². The van der Waals surface area contributed by atoms with Gasteiger partial charge in [-0.2, -0.15) is 0 Å². The molecule has 83 heavy (non-hydrogen) atoms. The molecule has 6 N–H and O–H groups in total. The summed E-state index contributed by atoms with van der Waals surface area (Å²) in [5, 5.41) is 54.6. The van der Waals surface area contributed by atoms with Crippen molar-refractivity contribution in [2.24, 2.45) is 0 Å². The Kier molecular flexibility index (Phi) is 56.0. The van der Waals surface area contributed by atoms with Crippen LogP contribution in [0.25, 0.3) is 0 Å².